The fourth-order valence-corrected chi connectivity index (χ4v) is 2.65. The molecule has 0 spiro atoms. The number of hydrogen-bond donors (Lipinski definition) is 1. The fourth-order valence-electron chi connectivity index (χ4n) is 2.65. The Morgan fingerprint density at radius 2 is 1.53 bits per heavy atom. The van der Waals surface area contributed by atoms with E-state index >= 15 is 0 Å². The van der Waals surface area contributed by atoms with E-state index in [1.165, 1.54) is 0 Å². The molecule has 1 N–H and O–H groups in total. The minimum Gasteiger partial charge on any atom is -0.481 e. The maximum Gasteiger partial charge on any atom is 0.306 e. The molecule has 0 saturated heterocycles. The average molecular weight is 269 g/mol. The van der Waals surface area contributed by atoms with Crippen molar-refractivity contribution in [2.24, 2.45) is 17.3 Å². The van der Waals surface area contributed by atoms with Crippen LogP contribution >= 0.6 is 0 Å². The maximum absolute atomic E-state index is 12.4. The summed E-state index contributed by atoms with van der Waals surface area (Å²) in [6.45, 7) is 8.45. The van der Waals surface area contributed by atoms with E-state index in [0.717, 1.165) is 0 Å². The molecule has 1 saturated carbocycles. The van der Waals surface area contributed by atoms with Crippen LogP contribution in [0.5, 0.6) is 0 Å². The zero-order chi connectivity index (χ0) is 14.8. The molecule has 110 valence electrons. The number of carboxylic acids is 1. The van der Waals surface area contributed by atoms with Crippen LogP contribution < -0.4 is 0 Å². The summed E-state index contributed by atoms with van der Waals surface area (Å²) in [4.78, 5) is 25.2. The van der Waals surface area contributed by atoms with Crippen molar-refractivity contribution in [1.82, 2.24) is 4.90 Å². The van der Waals surface area contributed by atoms with Crippen molar-refractivity contribution in [3.05, 3.63) is 0 Å². The summed E-state index contributed by atoms with van der Waals surface area (Å²) in [5.41, 5.74) is 0.0582. The summed E-state index contributed by atoms with van der Waals surface area (Å²) in [5.74, 6) is -0.798. The van der Waals surface area contributed by atoms with E-state index in [1.807, 2.05) is 11.9 Å². The molecule has 1 unspecified atom stereocenters. The predicted molar refractivity (Wildman–Crippen MR) is 74.8 cm³/mol. The standard InChI is InChI=1S/C15H27NO3/c1-10(15(2,3)4)16(5)13(17)11-6-8-12(9-7-11)14(18)19/h10-12H,6-9H2,1-5H3,(H,18,19). The second-order valence-electron chi connectivity index (χ2n) is 6.88. The van der Waals surface area contributed by atoms with Crippen LogP contribution in [0.15, 0.2) is 0 Å². The molecule has 0 radical (unpaired) electrons. The van der Waals surface area contributed by atoms with Crippen molar-refractivity contribution in [2.45, 2.75) is 59.4 Å². The second-order valence-corrected chi connectivity index (χ2v) is 6.88. The average Bonchev–Trinajstić information content (AvgIpc) is 2.35. The maximum atomic E-state index is 12.4. The molecule has 0 aromatic carbocycles. The van der Waals surface area contributed by atoms with Crippen LogP contribution in [0.25, 0.3) is 0 Å². The fraction of sp³-hybridized carbons (Fsp3) is 0.867. The Morgan fingerprint density at radius 3 is 1.89 bits per heavy atom. The van der Waals surface area contributed by atoms with Gasteiger partial charge >= 0.3 is 5.97 Å². The van der Waals surface area contributed by atoms with Gasteiger partial charge in [-0.1, -0.05) is 20.8 Å². The molecule has 1 fully saturated rings. The minimum absolute atomic E-state index is 0.00500. The molecule has 0 aromatic rings. The molecule has 4 nitrogen and oxygen atoms in total. The van der Waals surface area contributed by atoms with Gasteiger partial charge in [-0.2, -0.15) is 0 Å². The van der Waals surface area contributed by atoms with Crippen LogP contribution in [0.1, 0.15) is 53.4 Å². The molecule has 0 heterocycles. The lowest BCUT2D eigenvalue weighted by Gasteiger charge is -2.38. The topological polar surface area (TPSA) is 57.6 Å². The van der Waals surface area contributed by atoms with E-state index in [4.69, 9.17) is 5.11 Å². The van der Waals surface area contributed by atoms with Gasteiger partial charge in [-0.15, -0.1) is 0 Å². The zero-order valence-electron chi connectivity index (χ0n) is 12.8. The summed E-state index contributed by atoms with van der Waals surface area (Å²) in [5, 5.41) is 8.97. The molecule has 0 aromatic heterocycles. The molecular formula is C15H27NO3. The Bertz CT molecular complexity index is 338. The van der Waals surface area contributed by atoms with Gasteiger partial charge in [0.2, 0.25) is 5.91 Å². The van der Waals surface area contributed by atoms with Gasteiger partial charge in [-0.25, -0.2) is 0 Å². The predicted octanol–water partition coefficient (Wildman–Crippen LogP) is 2.77. The van der Waals surface area contributed by atoms with Crippen molar-refractivity contribution >= 4 is 11.9 Å². The van der Waals surface area contributed by atoms with E-state index < -0.39 is 5.97 Å². The first-order chi connectivity index (χ1) is 8.64. The molecule has 1 rings (SSSR count). The SMILES string of the molecule is CC(N(C)C(=O)C1CCC(C(=O)O)CC1)C(C)(C)C. The molecule has 0 bridgehead atoms. The summed E-state index contributed by atoms with van der Waals surface area (Å²) < 4.78 is 0. The normalized spacial score (nSPS) is 25.7. The Balaban J connectivity index is 2.58. The number of amides is 1. The lowest BCUT2D eigenvalue weighted by molar-refractivity contribution is -0.146. The van der Waals surface area contributed by atoms with Gasteiger partial charge in [0.1, 0.15) is 0 Å². The summed E-state index contributed by atoms with van der Waals surface area (Å²) >= 11 is 0. The van der Waals surface area contributed by atoms with Gasteiger partial charge in [0.15, 0.2) is 0 Å². The highest BCUT2D eigenvalue weighted by molar-refractivity contribution is 5.79. The highest BCUT2D eigenvalue weighted by atomic mass is 16.4. The van der Waals surface area contributed by atoms with E-state index in [2.05, 4.69) is 27.7 Å². The first kappa shape index (κ1) is 16.0. The number of carbonyl (C=O) groups excluding carboxylic acids is 1. The highest BCUT2D eigenvalue weighted by Gasteiger charge is 2.34. The molecule has 1 amide bonds. The summed E-state index contributed by atoms with van der Waals surface area (Å²) in [6, 6.07) is 0.178. The second kappa shape index (κ2) is 5.93. The summed E-state index contributed by atoms with van der Waals surface area (Å²) in [7, 11) is 1.86. The van der Waals surface area contributed by atoms with Crippen LogP contribution in [-0.4, -0.2) is 35.0 Å². The molecule has 0 aliphatic heterocycles. The lowest BCUT2D eigenvalue weighted by atomic mass is 9.80. The number of aliphatic carboxylic acids is 1. The van der Waals surface area contributed by atoms with Crippen LogP contribution in [-0.2, 0) is 9.59 Å². The third-order valence-electron chi connectivity index (χ3n) is 4.61. The van der Waals surface area contributed by atoms with Crippen LogP contribution in [0.3, 0.4) is 0 Å². The number of nitrogens with zero attached hydrogens (tertiary/aromatic N) is 1. The Hall–Kier alpha value is -1.06. The number of carboxylic acid groups (broad SMARTS) is 1. The molecule has 1 aliphatic rings. The van der Waals surface area contributed by atoms with Gasteiger partial charge in [0.05, 0.1) is 5.92 Å². The largest absolute Gasteiger partial charge is 0.481 e. The first-order valence-corrected chi connectivity index (χ1v) is 7.14. The monoisotopic (exact) mass is 269 g/mol. The third kappa shape index (κ3) is 3.95. The minimum atomic E-state index is -0.720. The van der Waals surface area contributed by atoms with Gasteiger partial charge in [-0.3, -0.25) is 9.59 Å². The molecule has 19 heavy (non-hydrogen) atoms. The van der Waals surface area contributed by atoms with Crippen molar-refractivity contribution < 1.29 is 14.7 Å². The van der Waals surface area contributed by atoms with Crippen molar-refractivity contribution in [1.29, 1.82) is 0 Å². The van der Waals surface area contributed by atoms with E-state index in [9.17, 15) is 9.59 Å². The third-order valence-corrected chi connectivity index (χ3v) is 4.61. The first-order valence-electron chi connectivity index (χ1n) is 7.14. The van der Waals surface area contributed by atoms with Gasteiger partial charge in [-0.05, 0) is 38.0 Å². The Labute approximate surface area is 116 Å². The van der Waals surface area contributed by atoms with Gasteiger partial charge in [0.25, 0.3) is 0 Å². The molecule has 1 aliphatic carbocycles. The Morgan fingerprint density at radius 1 is 1.11 bits per heavy atom. The molecular weight excluding hydrogens is 242 g/mol. The van der Waals surface area contributed by atoms with Crippen molar-refractivity contribution in [3.8, 4) is 0 Å². The van der Waals surface area contributed by atoms with Crippen LogP contribution in [0, 0.1) is 17.3 Å². The highest BCUT2D eigenvalue weighted by Crippen LogP contribution is 2.32. The van der Waals surface area contributed by atoms with Gasteiger partial charge < -0.3 is 10.0 Å². The van der Waals surface area contributed by atoms with Crippen LogP contribution in [0.4, 0.5) is 0 Å². The molecule has 1 atom stereocenters. The van der Waals surface area contributed by atoms with Gasteiger partial charge in [0, 0.05) is 19.0 Å². The van der Waals surface area contributed by atoms with Crippen LogP contribution in [0.2, 0.25) is 0 Å². The molecule has 4 heteroatoms. The zero-order valence-corrected chi connectivity index (χ0v) is 12.8. The van der Waals surface area contributed by atoms with E-state index in [0.29, 0.717) is 25.7 Å². The quantitative estimate of drug-likeness (QED) is 0.857. The number of carbonyl (C=O) groups is 2. The lowest BCUT2D eigenvalue weighted by Crippen LogP contribution is -2.46. The van der Waals surface area contributed by atoms with E-state index in [-0.39, 0.29) is 29.2 Å². The smallest absolute Gasteiger partial charge is 0.306 e. The van der Waals surface area contributed by atoms with E-state index in [1.54, 1.807) is 0 Å². The van der Waals surface area contributed by atoms with Crippen molar-refractivity contribution in [2.75, 3.05) is 7.05 Å². The number of rotatable bonds is 3. The van der Waals surface area contributed by atoms with Crippen molar-refractivity contribution in [3.63, 3.8) is 0 Å². The summed E-state index contributed by atoms with van der Waals surface area (Å²) in [6.07, 6.45) is 2.67. The Kier molecular flexibility index (Phi) is 4.99. The number of hydrogen-bond acceptors (Lipinski definition) is 2.